The minimum Gasteiger partial charge on any atom is -0.374 e. The summed E-state index contributed by atoms with van der Waals surface area (Å²) in [7, 11) is 0. The van der Waals surface area contributed by atoms with Gasteiger partial charge in [-0.1, -0.05) is 26.0 Å². The summed E-state index contributed by atoms with van der Waals surface area (Å²) in [6.45, 7) is 6.46. The van der Waals surface area contributed by atoms with Crippen molar-refractivity contribution >= 4 is 5.69 Å². The lowest BCUT2D eigenvalue weighted by atomic mass is 10.0. The summed E-state index contributed by atoms with van der Waals surface area (Å²) >= 11 is 0. The number of hydrogen-bond acceptors (Lipinski definition) is 2. The predicted octanol–water partition coefficient (Wildman–Crippen LogP) is 2.79. The van der Waals surface area contributed by atoms with Crippen LogP contribution in [0.3, 0.4) is 0 Å². The highest BCUT2D eigenvalue weighted by Crippen LogP contribution is 2.32. The first-order chi connectivity index (χ1) is 7.74. The molecule has 0 N–H and O–H groups in total. The third-order valence-electron chi connectivity index (χ3n) is 3.79. The topological polar surface area (TPSA) is 12.5 Å². The smallest absolute Gasteiger partial charge is 0.0771 e. The van der Waals surface area contributed by atoms with Crippen LogP contribution in [-0.4, -0.2) is 25.3 Å². The van der Waals surface area contributed by atoms with Crippen LogP contribution in [0.15, 0.2) is 24.3 Å². The summed E-state index contributed by atoms with van der Waals surface area (Å²) < 4.78 is 5.62. The lowest BCUT2D eigenvalue weighted by Gasteiger charge is -2.29. The second-order valence-electron chi connectivity index (χ2n) is 5.24. The van der Waals surface area contributed by atoms with E-state index >= 15 is 0 Å². The van der Waals surface area contributed by atoms with Crippen LogP contribution in [0.4, 0.5) is 5.69 Å². The van der Waals surface area contributed by atoms with Crippen molar-refractivity contribution in [2.75, 3.05) is 18.1 Å². The van der Waals surface area contributed by atoms with Gasteiger partial charge in [-0.3, -0.25) is 0 Å². The maximum atomic E-state index is 5.62. The van der Waals surface area contributed by atoms with Crippen molar-refractivity contribution in [1.29, 1.82) is 0 Å². The molecule has 86 valence electrons. The molecule has 0 saturated carbocycles. The molecule has 2 atom stereocenters. The highest BCUT2D eigenvalue weighted by atomic mass is 16.5. The first-order valence-electron chi connectivity index (χ1n) is 6.22. The maximum Gasteiger partial charge on any atom is 0.0771 e. The van der Waals surface area contributed by atoms with Crippen LogP contribution >= 0.6 is 0 Å². The van der Waals surface area contributed by atoms with Crippen LogP contribution in [0.2, 0.25) is 0 Å². The standard InChI is InChI=1S/C14H19NO/c1-10(2)11-3-5-12(6-4-11)15-8-14-7-13(15)9-16-14/h3-6,10,13-14H,7-9H2,1-2H3. The first-order valence-corrected chi connectivity index (χ1v) is 6.22. The van der Waals surface area contributed by atoms with Gasteiger partial charge in [-0.2, -0.15) is 0 Å². The molecule has 0 aliphatic carbocycles. The summed E-state index contributed by atoms with van der Waals surface area (Å²) in [5, 5.41) is 0. The van der Waals surface area contributed by atoms with E-state index in [1.165, 1.54) is 17.7 Å². The average molecular weight is 217 g/mol. The molecule has 0 spiro atoms. The molecule has 2 heterocycles. The summed E-state index contributed by atoms with van der Waals surface area (Å²) in [5.74, 6) is 0.618. The van der Waals surface area contributed by atoms with Crippen molar-refractivity contribution in [3.63, 3.8) is 0 Å². The van der Waals surface area contributed by atoms with E-state index in [0.717, 1.165) is 13.2 Å². The van der Waals surface area contributed by atoms with Crippen molar-refractivity contribution in [3.05, 3.63) is 29.8 Å². The van der Waals surface area contributed by atoms with Crippen LogP contribution < -0.4 is 4.90 Å². The van der Waals surface area contributed by atoms with Gasteiger partial charge in [-0.25, -0.2) is 0 Å². The molecule has 0 aromatic heterocycles. The van der Waals surface area contributed by atoms with Crippen LogP contribution in [0.25, 0.3) is 0 Å². The molecule has 2 nitrogen and oxygen atoms in total. The third kappa shape index (κ3) is 1.61. The van der Waals surface area contributed by atoms with Crippen molar-refractivity contribution in [2.45, 2.75) is 38.3 Å². The summed E-state index contributed by atoms with van der Waals surface area (Å²) in [6, 6.07) is 9.65. The molecule has 2 aliphatic heterocycles. The number of benzene rings is 1. The van der Waals surface area contributed by atoms with E-state index < -0.39 is 0 Å². The molecule has 2 fully saturated rings. The molecule has 0 radical (unpaired) electrons. The van der Waals surface area contributed by atoms with Crippen LogP contribution in [0, 0.1) is 0 Å². The van der Waals surface area contributed by atoms with Gasteiger partial charge in [0.05, 0.1) is 18.8 Å². The highest BCUT2D eigenvalue weighted by molar-refractivity contribution is 5.50. The summed E-state index contributed by atoms with van der Waals surface area (Å²) in [4.78, 5) is 2.50. The second-order valence-corrected chi connectivity index (χ2v) is 5.24. The molecule has 0 amide bonds. The Morgan fingerprint density at radius 2 is 2.00 bits per heavy atom. The van der Waals surface area contributed by atoms with Gasteiger partial charge in [0.1, 0.15) is 0 Å². The number of rotatable bonds is 2. The van der Waals surface area contributed by atoms with Gasteiger partial charge < -0.3 is 9.64 Å². The SMILES string of the molecule is CC(C)c1ccc(N2CC3CC2CO3)cc1. The largest absolute Gasteiger partial charge is 0.374 e. The van der Waals surface area contributed by atoms with E-state index in [4.69, 9.17) is 4.74 Å². The molecule has 3 rings (SSSR count). The first kappa shape index (κ1) is 10.2. The average Bonchev–Trinajstić information content (AvgIpc) is 2.91. The molecule has 2 bridgehead atoms. The zero-order chi connectivity index (χ0) is 11.1. The van der Waals surface area contributed by atoms with E-state index in [1.807, 2.05) is 0 Å². The Hall–Kier alpha value is -1.02. The fraction of sp³-hybridized carbons (Fsp3) is 0.571. The molecule has 1 aromatic rings. The van der Waals surface area contributed by atoms with Crippen molar-refractivity contribution in [3.8, 4) is 0 Å². The molecule has 2 saturated heterocycles. The van der Waals surface area contributed by atoms with Gasteiger partial charge in [-0.05, 0) is 30.0 Å². The van der Waals surface area contributed by atoms with Crippen LogP contribution in [-0.2, 0) is 4.74 Å². The normalized spacial score (nSPS) is 28.1. The Morgan fingerprint density at radius 1 is 1.25 bits per heavy atom. The van der Waals surface area contributed by atoms with Crippen molar-refractivity contribution in [2.24, 2.45) is 0 Å². The summed E-state index contributed by atoms with van der Waals surface area (Å²) in [6.07, 6.45) is 1.70. The number of ether oxygens (including phenoxy) is 1. The lowest BCUT2D eigenvalue weighted by Crippen LogP contribution is -2.36. The van der Waals surface area contributed by atoms with E-state index in [-0.39, 0.29) is 0 Å². The summed E-state index contributed by atoms with van der Waals surface area (Å²) in [5.41, 5.74) is 2.78. The molecule has 2 aliphatic rings. The van der Waals surface area contributed by atoms with E-state index in [9.17, 15) is 0 Å². The highest BCUT2D eigenvalue weighted by Gasteiger charge is 2.38. The van der Waals surface area contributed by atoms with Crippen LogP contribution in [0.5, 0.6) is 0 Å². The quantitative estimate of drug-likeness (QED) is 0.755. The van der Waals surface area contributed by atoms with Gasteiger partial charge in [0.15, 0.2) is 0 Å². The Kier molecular flexibility index (Phi) is 2.40. The number of nitrogens with zero attached hydrogens (tertiary/aromatic N) is 1. The molecule has 2 unspecified atom stereocenters. The second kappa shape index (κ2) is 3.77. The maximum absolute atomic E-state index is 5.62. The Morgan fingerprint density at radius 3 is 2.50 bits per heavy atom. The van der Waals surface area contributed by atoms with Gasteiger partial charge in [0.25, 0.3) is 0 Å². The zero-order valence-electron chi connectivity index (χ0n) is 10.0. The van der Waals surface area contributed by atoms with Gasteiger partial charge in [-0.15, -0.1) is 0 Å². The zero-order valence-corrected chi connectivity index (χ0v) is 10.0. The molecular formula is C14H19NO. The van der Waals surface area contributed by atoms with E-state index in [0.29, 0.717) is 18.1 Å². The Bertz CT molecular complexity index is 371. The van der Waals surface area contributed by atoms with Crippen molar-refractivity contribution < 1.29 is 4.74 Å². The Balaban J connectivity index is 1.80. The monoisotopic (exact) mass is 217 g/mol. The van der Waals surface area contributed by atoms with Crippen molar-refractivity contribution in [1.82, 2.24) is 0 Å². The van der Waals surface area contributed by atoms with Gasteiger partial charge >= 0.3 is 0 Å². The minimum absolute atomic E-state index is 0.481. The molecule has 16 heavy (non-hydrogen) atoms. The Labute approximate surface area is 97.2 Å². The fourth-order valence-corrected chi connectivity index (χ4v) is 2.77. The number of hydrogen-bond donors (Lipinski definition) is 0. The molecular weight excluding hydrogens is 198 g/mol. The molecule has 1 aromatic carbocycles. The molecule has 2 heteroatoms. The fourth-order valence-electron chi connectivity index (χ4n) is 2.77. The lowest BCUT2D eigenvalue weighted by molar-refractivity contribution is 0.0991. The van der Waals surface area contributed by atoms with E-state index in [2.05, 4.69) is 43.0 Å². The minimum atomic E-state index is 0.481. The van der Waals surface area contributed by atoms with E-state index in [1.54, 1.807) is 0 Å². The predicted molar refractivity (Wildman–Crippen MR) is 66.0 cm³/mol. The van der Waals surface area contributed by atoms with Gasteiger partial charge in [0.2, 0.25) is 0 Å². The number of fused-ring (bicyclic) bond motifs is 2. The third-order valence-corrected chi connectivity index (χ3v) is 3.79. The van der Waals surface area contributed by atoms with Gasteiger partial charge in [0, 0.05) is 12.2 Å². The van der Waals surface area contributed by atoms with Crippen LogP contribution in [0.1, 0.15) is 31.7 Å². The number of anilines is 1. The number of morpholine rings is 1.